The Kier molecular flexibility index (Phi) is 6.75. The number of aromatic nitrogens is 4. The van der Waals surface area contributed by atoms with Crippen molar-refractivity contribution in [2.24, 2.45) is 0 Å². The molecule has 2 aromatic heterocycles. The van der Waals surface area contributed by atoms with Gasteiger partial charge in [-0.2, -0.15) is 54.5 Å². The zero-order valence-corrected chi connectivity index (χ0v) is 18.7. The minimum atomic E-state index is -4.98. The molecule has 1 saturated heterocycles. The van der Waals surface area contributed by atoms with Crippen molar-refractivity contribution in [3.8, 4) is 0 Å². The Bertz CT molecular complexity index is 1240. The summed E-state index contributed by atoms with van der Waals surface area (Å²) in [6.45, 7) is -1.32. The number of hydrogen-bond donors (Lipinski definition) is 3. The van der Waals surface area contributed by atoms with Crippen LogP contribution in [-0.4, -0.2) is 49.9 Å². The fourth-order valence-corrected chi connectivity index (χ4v) is 3.49. The van der Waals surface area contributed by atoms with Gasteiger partial charge in [0.1, 0.15) is 11.5 Å². The summed E-state index contributed by atoms with van der Waals surface area (Å²) in [6.07, 6.45) is -15.2. The van der Waals surface area contributed by atoms with Crippen molar-refractivity contribution < 1.29 is 44.6 Å². The van der Waals surface area contributed by atoms with Crippen LogP contribution in [0.4, 0.5) is 68.9 Å². The molecule has 1 atom stereocenters. The van der Waals surface area contributed by atoms with Crippen LogP contribution in [0.25, 0.3) is 0 Å². The number of benzene rings is 1. The third-order valence-electron chi connectivity index (χ3n) is 5.41. The number of nitrogens with one attached hydrogen (secondary N) is 2. The van der Waals surface area contributed by atoms with Crippen LogP contribution in [0.2, 0.25) is 0 Å². The highest BCUT2D eigenvalue weighted by molar-refractivity contribution is 5.59. The molecule has 38 heavy (non-hydrogen) atoms. The van der Waals surface area contributed by atoms with E-state index in [0.717, 1.165) is 35.2 Å². The minimum absolute atomic E-state index is 0.145. The molecule has 0 saturated carbocycles. The van der Waals surface area contributed by atoms with E-state index in [0.29, 0.717) is 6.07 Å². The summed E-state index contributed by atoms with van der Waals surface area (Å²) >= 11 is 0. The van der Waals surface area contributed by atoms with E-state index < -0.39 is 66.2 Å². The van der Waals surface area contributed by atoms with E-state index in [4.69, 9.17) is 0 Å². The largest absolute Gasteiger partial charge is 0.433 e. The van der Waals surface area contributed by atoms with E-state index in [2.05, 4.69) is 30.6 Å². The molecule has 0 radical (unpaired) electrons. The molecule has 17 heteroatoms. The summed E-state index contributed by atoms with van der Waals surface area (Å²) in [4.78, 5) is 16.1. The first kappa shape index (κ1) is 27.2. The number of β-amino-alcohol motifs (C(OH)–C–C–N with tert-alkyl or cyclic N) is 1. The van der Waals surface area contributed by atoms with Crippen molar-refractivity contribution in [2.45, 2.75) is 30.6 Å². The Morgan fingerprint density at radius 2 is 1.45 bits per heavy atom. The molecule has 8 nitrogen and oxygen atoms in total. The molecule has 204 valence electrons. The number of anilines is 5. The van der Waals surface area contributed by atoms with Crippen LogP contribution >= 0.6 is 0 Å². The van der Waals surface area contributed by atoms with Gasteiger partial charge in [0, 0.05) is 18.7 Å². The first-order valence-corrected chi connectivity index (χ1v) is 10.6. The Morgan fingerprint density at radius 1 is 0.789 bits per heavy atom. The fraction of sp³-hybridized carbons (Fsp3) is 0.333. The van der Waals surface area contributed by atoms with Gasteiger partial charge in [-0.05, 0) is 30.3 Å². The van der Waals surface area contributed by atoms with Crippen molar-refractivity contribution in [1.82, 2.24) is 19.9 Å². The maximum atomic E-state index is 13.3. The average Bonchev–Trinajstić information content (AvgIpc) is 3.22. The van der Waals surface area contributed by atoms with Crippen molar-refractivity contribution in [3.63, 3.8) is 0 Å². The van der Waals surface area contributed by atoms with Crippen LogP contribution in [0.15, 0.2) is 42.5 Å². The smallest absolute Gasteiger partial charge is 0.379 e. The normalized spacial score (nSPS) is 18.5. The lowest BCUT2D eigenvalue weighted by Crippen LogP contribution is -2.47. The Labute approximate surface area is 207 Å². The molecule has 4 rings (SSSR count). The second kappa shape index (κ2) is 9.45. The van der Waals surface area contributed by atoms with Gasteiger partial charge in [-0.25, -0.2) is 4.98 Å². The van der Waals surface area contributed by atoms with Crippen molar-refractivity contribution in [3.05, 3.63) is 53.7 Å². The molecular formula is C21H16F9N7O. The Hall–Kier alpha value is -3.89. The molecule has 0 amide bonds. The van der Waals surface area contributed by atoms with Gasteiger partial charge in [-0.15, -0.1) is 0 Å². The molecule has 1 fully saturated rings. The highest BCUT2D eigenvalue weighted by Gasteiger charge is 2.57. The maximum Gasteiger partial charge on any atom is 0.433 e. The standard InChI is InChI=1S/C21H16F9N7O/c22-19(23,24)11-3-1-4-12(9-11)31-15-34-16(33-14-6-2-5-13(32-14)20(25,26)27)36-17(35-15)37-8-7-18(38,10-37)21(28,29)30/h1-6,9,38H,7-8,10H2,(H2,31,32,33,34,35,36). The van der Waals surface area contributed by atoms with Crippen molar-refractivity contribution in [1.29, 1.82) is 0 Å². The number of pyridine rings is 1. The molecule has 1 unspecified atom stereocenters. The number of nitrogens with zero attached hydrogens (tertiary/aromatic N) is 5. The molecule has 0 aliphatic carbocycles. The summed E-state index contributed by atoms with van der Waals surface area (Å²) in [5.41, 5.74) is -5.50. The molecule has 0 bridgehead atoms. The summed E-state index contributed by atoms with van der Waals surface area (Å²) in [5.74, 6) is -1.72. The van der Waals surface area contributed by atoms with Crippen LogP contribution in [0.1, 0.15) is 17.7 Å². The Balaban J connectivity index is 1.70. The highest BCUT2D eigenvalue weighted by Crippen LogP contribution is 2.39. The van der Waals surface area contributed by atoms with Gasteiger partial charge in [-0.3, -0.25) is 0 Å². The van der Waals surface area contributed by atoms with Gasteiger partial charge >= 0.3 is 18.5 Å². The topological polar surface area (TPSA) is 99.1 Å². The predicted molar refractivity (Wildman–Crippen MR) is 115 cm³/mol. The van der Waals surface area contributed by atoms with E-state index in [9.17, 15) is 44.6 Å². The van der Waals surface area contributed by atoms with Crippen LogP contribution in [0, 0.1) is 0 Å². The first-order valence-electron chi connectivity index (χ1n) is 10.6. The highest BCUT2D eigenvalue weighted by atomic mass is 19.4. The van der Waals surface area contributed by atoms with E-state index in [1.54, 1.807) is 0 Å². The van der Waals surface area contributed by atoms with Gasteiger partial charge < -0.3 is 20.6 Å². The lowest BCUT2D eigenvalue weighted by molar-refractivity contribution is -0.250. The summed E-state index contributed by atoms with van der Waals surface area (Å²) in [5, 5.41) is 14.9. The lowest BCUT2D eigenvalue weighted by atomic mass is 10.0. The number of halogens is 9. The fourth-order valence-electron chi connectivity index (χ4n) is 3.49. The van der Waals surface area contributed by atoms with Gasteiger partial charge in [0.25, 0.3) is 0 Å². The third kappa shape index (κ3) is 5.98. The van der Waals surface area contributed by atoms with Crippen LogP contribution < -0.4 is 15.5 Å². The lowest BCUT2D eigenvalue weighted by Gasteiger charge is -2.26. The maximum absolute atomic E-state index is 13.3. The summed E-state index contributed by atoms with van der Waals surface area (Å²) in [7, 11) is 0. The van der Waals surface area contributed by atoms with Crippen LogP contribution in [0.5, 0.6) is 0 Å². The molecule has 1 aromatic carbocycles. The quantitative estimate of drug-likeness (QED) is 0.367. The molecule has 3 aromatic rings. The molecular weight excluding hydrogens is 537 g/mol. The second-order valence-corrected chi connectivity index (χ2v) is 8.22. The zero-order valence-electron chi connectivity index (χ0n) is 18.7. The van der Waals surface area contributed by atoms with Gasteiger partial charge in [0.05, 0.1) is 12.1 Å². The second-order valence-electron chi connectivity index (χ2n) is 8.22. The number of alkyl halides is 9. The zero-order chi connectivity index (χ0) is 27.9. The van der Waals surface area contributed by atoms with Crippen molar-refractivity contribution >= 4 is 29.4 Å². The first-order chi connectivity index (χ1) is 17.5. The van der Waals surface area contributed by atoms with Gasteiger partial charge in [-0.1, -0.05) is 12.1 Å². The number of rotatable bonds is 5. The Morgan fingerprint density at radius 3 is 2.05 bits per heavy atom. The molecule has 0 spiro atoms. The molecule has 1 aliphatic rings. The monoisotopic (exact) mass is 553 g/mol. The van der Waals surface area contributed by atoms with Gasteiger partial charge in [0.2, 0.25) is 17.8 Å². The predicted octanol–water partition coefficient (Wildman–Crippen LogP) is 5.29. The van der Waals surface area contributed by atoms with E-state index in [-0.39, 0.29) is 18.1 Å². The number of hydrogen-bond acceptors (Lipinski definition) is 8. The molecule has 1 aliphatic heterocycles. The SMILES string of the molecule is OC1(C(F)(F)F)CCN(c2nc(Nc3cccc(C(F)(F)F)c3)nc(Nc3cccc(C(F)(F)F)n3)n2)C1. The molecule has 3 heterocycles. The summed E-state index contributed by atoms with van der Waals surface area (Å²) in [6, 6.07) is 6.72. The van der Waals surface area contributed by atoms with E-state index in [1.807, 2.05) is 0 Å². The molecule has 3 N–H and O–H groups in total. The van der Waals surface area contributed by atoms with E-state index in [1.165, 1.54) is 6.07 Å². The number of aliphatic hydroxyl groups is 1. The summed E-state index contributed by atoms with van der Waals surface area (Å²) < 4.78 is 118. The average molecular weight is 553 g/mol. The van der Waals surface area contributed by atoms with E-state index >= 15 is 0 Å². The van der Waals surface area contributed by atoms with Crippen LogP contribution in [-0.2, 0) is 12.4 Å². The van der Waals surface area contributed by atoms with Gasteiger partial charge in [0.15, 0.2) is 5.60 Å². The van der Waals surface area contributed by atoms with Crippen LogP contribution in [0.3, 0.4) is 0 Å². The van der Waals surface area contributed by atoms with Crippen molar-refractivity contribution in [2.75, 3.05) is 28.6 Å². The third-order valence-corrected chi connectivity index (χ3v) is 5.41. The minimum Gasteiger partial charge on any atom is -0.379 e.